The lowest BCUT2D eigenvalue weighted by Crippen LogP contribution is -2.20. The van der Waals surface area contributed by atoms with E-state index >= 15 is 0 Å². The van der Waals surface area contributed by atoms with Crippen LogP contribution in [0.1, 0.15) is 32.1 Å². The number of primary amides is 1. The lowest BCUT2D eigenvalue weighted by Gasteiger charge is -2.20. The largest absolute Gasteiger partial charge is 0.368 e. The fourth-order valence-electron chi connectivity index (χ4n) is 3.75. The summed E-state index contributed by atoms with van der Waals surface area (Å²) >= 11 is 0. The van der Waals surface area contributed by atoms with E-state index in [1.54, 1.807) is 12.4 Å². The van der Waals surface area contributed by atoms with Crippen LogP contribution in [0.25, 0.3) is 0 Å². The maximum atomic E-state index is 12.0. The predicted octanol–water partition coefficient (Wildman–Crippen LogP) is 1.13. The fraction of sp³-hybridized carbons (Fsp3) is 0.643. The third kappa shape index (κ3) is 2.84. The van der Waals surface area contributed by atoms with Crippen molar-refractivity contribution in [3.05, 3.63) is 12.4 Å². The molecular weight excluding hydrogens is 256 g/mol. The van der Waals surface area contributed by atoms with E-state index in [1.165, 1.54) is 30.4 Å². The van der Waals surface area contributed by atoms with Crippen LogP contribution in [0.2, 0.25) is 0 Å². The Morgan fingerprint density at radius 1 is 1.40 bits per heavy atom. The van der Waals surface area contributed by atoms with Gasteiger partial charge in [-0.3, -0.25) is 14.3 Å². The minimum atomic E-state index is -0.451. The smallest absolute Gasteiger partial charge is 0.239 e. The number of carbonyl (C=O) groups excluding carboxylic acids is 2. The highest BCUT2D eigenvalue weighted by molar-refractivity contribution is 5.90. The Morgan fingerprint density at radius 2 is 2.25 bits per heavy atom. The molecule has 2 bridgehead atoms. The first kappa shape index (κ1) is 13.1. The van der Waals surface area contributed by atoms with E-state index in [0.717, 1.165) is 11.8 Å². The Hall–Kier alpha value is -1.85. The van der Waals surface area contributed by atoms with Crippen LogP contribution in [0.5, 0.6) is 0 Å². The zero-order chi connectivity index (χ0) is 14.1. The van der Waals surface area contributed by atoms with Gasteiger partial charge in [0, 0.05) is 12.6 Å². The van der Waals surface area contributed by atoms with E-state index in [9.17, 15) is 9.59 Å². The first-order chi connectivity index (χ1) is 9.60. The average Bonchev–Trinajstić information content (AvgIpc) is 3.05. The molecule has 6 heteroatoms. The molecule has 2 amide bonds. The lowest BCUT2D eigenvalue weighted by atomic mass is 9.86. The molecule has 1 heterocycles. The molecule has 0 radical (unpaired) electrons. The standard InChI is InChI=1S/C14H20N4O2/c15-13(19)8-18-7-12(6-16-18)17-14(20)5-11-4-9-1-2-10(11)3-9/h6-7,9-11H,1-5,8H2,(H2,15,19)(H,17,20). The van der Waals surface area contributed by atoms with E-state index in [-0.39, 0.29) is 12.5 Å². The summed E-state index contributed by atoms with van der Waals surface area (Å²) in [4.78, 5) is 22.8. The normalized spacial score (nSPS) is 27.7. The molecular formula is C14H20N4O2. The fourth-order valence-corrected chi connectivity index (χ4v) is 3.75. The number of aromatic nitrogens is 2. The molecule has 0 aromatic carbocycles. The minimum Gasteiger partial charge on any atom is -0.368 e. The maximum absolute atomic E-state index is 12.0. The highest BCUT2D eigenvalue weighted by Crippen LogP contribution is 2.49. The molecule has 20 heavy (non-hydrogen) atoms. The van der Waals surface area contributed by atoms with Gasteiger partial charge in [0.05, 0.1) is 11.9 Å². The van der Waals surface area contributed by atoms with Crippen LogP contribution in [-0.4, -0.2) is 21.6 Å². The summed E-state index contributed by atoms with van der Waals surface area (Å²) in [5, 5.41) is 6.83. The van der Waals surface area contributed by atoms with Gasteiger partial charge in [-0.25, -0.2) is 0 Å². The zero-order valence-electron chi connectivity index (χ0n) is 11.4. The Morgan fingerprint density at radius 3 is 2.90 bits per heavy atom. The zero-order valence-corrected chi connectivity index (χ0v) is 11.4. The highest BCUT2D eigenvalue weighted by Gasteiger charge is 2.40. The summed E-state index contributed by atoms with van der Waals surface area (Å²) in [7, 11) is 0. The van der Waals surface area contributed by atoms with Crippen LogP contribution >= 0.6 is 0 Å². The Labute approximate surface area is 117 Å². The van der Waals surface area contributed by atoms with E-state index in [2.05, 4.69) is 10.4 Å². The summed E-state index contributed by atoms with van der Waals surface area (Å²) in [6.45, 7) is 0.0300. The molecule has 3 N–H and O–H groups in total. The first-order valence-corrected chi connectivity index (χ1v) is 7.21. The number of carbonyl (C=O) groups is 2. The summed E-state index contributed by atoms with van der Waals surface area (Å²) in [6.07, 6.45) is 8.93. The molecule has 6 nitrogen and oxygen atoms in total. The van der Waals surface area contributed by atoms with Gasteiger partial charge in [-0.05, 0) is 37.0 Å². The molecule has 0 aliphatic heterocycles. The SMILES string of the molecule is NC(=O)Cn1cc(NC(=O)CC2CC3CCC2C3)cn1. The van der Waals surface area contributed by atoms with Gasteiger partial charge in [-0.1, -0.05) is 6.42 Å². The van der Waals surface area contributed by atoms with Gasteiger partial charge in [-0.2, -0.15) is 5.10 Å². The van der Waals surface area contributed by atoms with Crippen LogP contribution < -0.4 is 11.1 Å². The lowest BCUT2D eigenvalue weighted by molar-refractivity contribution is -0.119. The molecule has 0 saturated heterocycles. The van der Waals surface area contributed by atoms with Crippen molar-refractivity contribution in [2.45, 2.75) is 38.6 Å². The molecule has 2 fully saturated rings. The maximum Gasteiger partial charge on any atom is 0.239 e. The number of nitrogens with zero attached hydrogens (tertiary/aromatic N) is 2. The van der Waals surface area contributed by atoms with Crippen molar-refractivity contribution in [3.63, 3.8) is 0 Å². The van der Waals surface area contributed by atoms with Gasteiger partial charge in [-0.15, -0.1) is 0 Å². The van der Waals surface area contributed by atoms with Gasteiger partial charge >= 0.3 is 0 Å². The molecule has 1 aromatic heterocycles. The van der Waals surface area contributed by atoms with Gasteiger partial charge in [0.15, 0.2) is 0 Å². The molecule has 2 aliphatic rings. The number of nitrogens with two attached hydrogens (primary N) is 1. The van der Waals surface area contributed by atoms with Gasteiger partial charge in [0.1, 0.15) is 6.54 Å². The topological polar surface area (TPSA) is 90.0 Å². The molecule has 1 aromatic rings. The van der Waals surface area contributed by atoms with Crippen molar-refractivity contribution < 1.29 is 9.59 Å². The number of nitrogens with one attached hydrogen (secondary N) is 1. The van der Waals surface area contributed by atoms with Gasteiger partial charge in [0.25, 0.3) is 0 Å². The van der Waals surface area contributed by atoms with E-state index in [0.29, 0.717) is 18.0 Å². The summed E-state index contributed by atoms with van der Waals surface area (Å²) in [5.74, 6) is 1.75. The number of amides is 2. The predicted molar refractivity (Wildman–Crippen MR) is 73.6 cm³/mol. The number of fused-ring (bicyclic) bond motifs is 2. The van der Waals surface area contributed by atoms with Crippen LogP contribution in [0.3, 0.4) is 0 Å². The second kappa shape index (κ2) is 5.26. The molecule has 108 valence electrons. The van der Waals surface area contributed by atoms with Crippen molar-refractivity contribution in [1.29, 1.82) is 0 Å². The van der Waals surface area contributed by atoms with Gasteiger partial charge < -0.3 is 11.1 Å². The third-order valence-electron chi connectivity index (χ3n) is 4.57. The quantitative estimate of drug-likeness (QED) is 0.844. The Balaban J connectivity index is 1.51. The molecule has 3 rings (SSSR count). The summed E-state index contributed by atoms with van der Waals surface area (Å²) < 4.78 is 1.43. The number of anilines is 1. The third-order valence-corrected chi connectivity index (χ3v) is 4.57. The van der Waals surface area contributed by atoms with Crippen LogP contribution in [-0.2, 0) is 16.1 Å². The van der Waals surface area contributed by atoms with E-state index < -0.39 is 5.91 Å². The van der Waals surface area contributed by atoms with Crippen molar-refractivity contribution in [3.8, 4) is 0 Å². The van der Waals surface area contributed by atoms with Crippen LogP contribution in [0.4, 0.5) is 5.69 Å². The minimum absolute atomic E-state index is 0.0300. The number of hydrogen-bond donors (Lipinski definition) is 2. The van der Waals surface area contributed by atoms with Crippen LogP contribution in [0, 0.1) is 17.8 Å². The molecule has 0 spiro atoms. The van der Waals surface area contributed by atoms with Gasteiger partial charge in [0.2, 0.25) is 11.8 Å². The summed E-state index contributed by atoms with van der Waals surface area (Å²) in [5.41, 5.74) is 5.72. The summed E-state index contributed by atoms with van der Waals surface area (Å²) in [6, 6.07) is 0. The van der Waals surface area contributed by atoms with Crippen molar-refractivity contribution in [2.24, 2.45) is 23.5 Å². The van der Waals surface area contributed by atoms with Crippen molar-refractivity contribution >= 4 is 17.5 Å². The first-order valence-electron chi connectivity index (χ1n) is 7.21. The Kier molecular flexibility index (Phi) is 3.46. The average molecular weight is 276 g/mol. The monoisotopic (exact) mass is 276 g/mol. The van der Waals surface area contributed by atoms with E-state index in [4.69, 9.17) is 5.73 Å². The molecule has 3 atom stereocenters. The van der Waals surface area contributed by atoms with Crippen molar-refractivity contribution in [2.75, 3.05) is 5.32 Å². The van der Waals surface area contributed by atoms with E-state index in [1.807, 2.05) is 0 Å². The molecule has 2 saturated carbocycles. The Bertz CT molecular complexity index is 525. The van der Waals surface area contributed by atoms with Crippen LogP contribution in [0.15, 0.2) is 12.4 Å². The number of hydrogen-bond acceptors (Lipinski definition) is 3. The second-order valence-corrected chi connectivity index (χ2v) is 6.08. The second-order valence-electron chi connectivity index (χ2n) is 6.08. The number of rotatable bonds is 5. The molecule has 2 aliphatic carbocycles. The van der Waals surface area contributed by atoms with Crippen molar-refractivity contribution in [1.82, 2.24) is 9.78 Å². The highest BCUT2D eigenvalue weighted by atomic mass is 16.2. The molecule has 3 unspecified atom stereocenters.